The Kier molecular flexibility index (Phi) is 5.66. The molecule has 0 bridgehead atoms. The van der Waals surface area contributed by atoms with E-state index in [0.717, 1.165) is 37.2 Å². The molecule has 2 unspecified atom stereocenters. The smallest absolute Gasteiger partial charge is 0.258 e. The van der Waals surface area contributed by atoms with E-state index in [9.17, 15) is 4.79 Å². The number of hydrogen-bond donors (Lipinski definition) is 0. The van der Waals surface area contributed by atoms with Crippen molar-refractivity contribution in [2.75, 3.05) is 18.1 Å². The van der Waals surface area contributed by atoms with Crippen LogP contribution in [-0.2, 0) is 4.79 Å². The van der Waals surface area contributed by atoms with Gasteiger partial charge in [0.05, 0.1) is 33.4 Å². The fourth-order valence-electron chi connectivity index (χ4n) is 4.04. The predicted octanol–water partition coefficient (Wildman–Crippen LogP) is 5.82. The van der Waals surface area contributed by atoms with Crippen LogP contribution in [0, 0.1) is 5.92 Å². The van der Waals surface area contributed by atoms with Gasteiger partial charge < -0.3 is 0 Å². The highest BCUT2D eigenvalue weighted by molar-refractivity contribution is 6.42. The Labute approximate surface area is 179 Å². The minimum absolute atomic E-state index is 0.0530. The summed E-state index contributed by atoms with van der Waals surface area (Å²) in [6.07, 6.45) is 2.27. The van der Waals surface area contributed by atoms with Gasteiger partial charge in [-0.1, -0.05) is 46.9 Å². The summed E-state index contributed by atoms with van der Waals surface area (Å²) >= 11 is 18.3. The fraction of sp³-hybridized carbons (Fsp3) is 0.333. The fourth-order valence-corrected chi connectivity index (χ4v) is 4.46. The van der Waals surface area contributed by atoms with Crippen molar-refractivity contribution in [1.29, 1.82) is 0 Å². The highest BCUT2D eigenvalue weighted by atomic mass is 35.5. The van der Waals surface area contributed by atoms with Gasteiger partial charge in [0.15, 0.2) is 0 Å². The van der Waals surface area contributed by atoms with Gasteiger partial charge in [-0.15, -0.1) is 0 Å². The van der Waals surface area contributed by atoms with Crippen LogP contribution < -0.4 is 5.01 Å². The Morgan fingerprint density at radius 1 is 1.00 bits per heavy atom. The molecule has 4 rings (SSSR count). The first kappa shape index (κ1) is 19.7. The maximum atomic E-state index is 13.4. The second kappa shape index (κ2) is 8.03. The van der Waals surface area contributed by atoms with Crippen molar-refractivity contribution in [1.82, 2.24) is 4.90 Å². The van der Waals surface area contributed by atoms with Crippen LogP contribution in [0.4, 0.5) is 5.69 Å². The van der Waals surface area contributed by atoms with E-state index >= 15 is 0 Å². The third kappa shape index (κ3) is 3.67. The molecule has 2 atom stereocenters. The van der Waals surface area contributed by atoms with E-state index in [4.69, 9.17) is 34.8 Å². The zero-order chi connectivity index (χ0) is 19.8. The Balaban J connectivity index is 1.70. The molecule has 1 amide bonds. The molecule has 0 spiro atoms. The number of benzene rings is 2. The molecule has 0 saturated carbocycles. The number of carbonyl (C=O) groups excluding carboxylic acids is 1. The summed E-state index contributed by atoms with van der Waals surface area (Å²) in [7, 11) is 0. The Morgan fingerprint density at radius 2 is 1.68 bits per heavy atom. The maximum absolute atomic E-state index is 13.4. The number of likely N-dealkylation sites (tertiary alicyclic amines) is 1. The van der Waals surface area contributed by atoms with Gasteiger partial charge in [0.25, 0.3) is 5.91 Å². The van der Waals surface area contributed by atoms with Gasteiger partial charge in [0.1, 0.15) is 0 Å². The van der Waals surface area contributed by atoms with Crippen LogP contribution in [0.15, 0.2) is 47.6 Å². The van der Waals surface area contributed by atoms with E-state index in [2.05, 4.69) is 10.0 Å². The molecule has 1 fully saturated rings. The molecule has 0 radical (unpaired) electrons. The zero-order valence-electron chi connectivity index (χ0n) is 15.4. The second-order valence-electron chi connectivity index (χ2n) is 7.21. The molecule has 28 heavy (non-hydrogen) atoms. The van der Waals surface area contributed by atoms with E-state index in [1.54, 1.807) is 18.2 Å². The van der Waals surface area contributed by atoms with Gasteiger partial charge in [-0.2, -0.15) is 5.10 Å². The Bertz CT molecular complexity index is 923. The molecule has 2 aliphatic heterocycles. The SMILES string of the molecule is CC1=NN(c2ccc(Cl)c(Cl)c2)C(=O)C1C(c1ccc(Cl)cc1)N1CCCC1. The Morgan fingerprint density at radius 3 is 2.32 bits per heavy atom. The lowest BCUT2D eigenvalue weighted by atomic mass is 9.88. The molecule has 2 heterocycles. The van der Waals surface area contributed by atoms with Gasteiger partial charge in [-0.3, -0.25) is 9.69 Å². The topological polar surface area (TPSA) is 35.9 Å². The number of halogens is 3. The average molecular weight is 437 g/mol. The third-order valence-electron chi connectivity index (χ3n) is 5.39. The van der Waals surface area contributed by atoms with Crippen molar-refractivity contribution in [2.45, 2.75) is 25.8 Å². The summed E-state index contributed by atoms with van der Waals surface area (Å²) in [6.45, 7) is 3.85. The molecule has 2 aromatic rings. The standard InChI is InChI=1S/C21H20Cl3N3O/c1-13-19(21(28)27(25-13)16-8-9-17(23)18(24)12-16)20(26-10-2-3-11-26)14-4-6-15(22)7-5-14/h4-9,12,19-20H,2-3,10-11H2,1H3. The normalized spacial score (nSPS) is 21.3. The summed E-state index contributed by atoms with van der Waals surface area (Å²) in [5, 5.41) is 7.55. The van der Waals surface area contributed by atoms with Crippen molar-refractivity contribution in [2.24, 2.45) is 11.0 Å². The molecule has 2 aromatic carbocycles. The largest absolute Gasteiger partial charge is 0.295 e. The molecule has 146 valence electrons. The summed E-state index contributed by atoms with van der Waals surface area (Å²) < 4.78 is 0. The lowest BCUT2D eigenvalue weighted by Gasteiger charge is -2.32. The number of anilines is 1. The molecule has 0 N–H and O–H groups in total. The van der Waals surface area contributed by atoms with Crippen molar-refractivity contribution >= 4 is 52.1 Å². The van der Waals surface area contributed by atoms with Crippen LogP contribution in [0.5, 0.6) is 0 Å². The average Bonchev–Trinajstić information content (AvgIpc) is 3.30. The highest BCUT2D eigenvalue weighted by Gasteiger charge is 2.43. The minimum Gasteiger partial charge on any atom is -0.295 e. The van der Waals surface area contributed by atoms with Crippen molar-refractivity contribution in [3.05, 3.63) is 63.1 Å². The van der Waals surface area contributed by atoms with E-state index in [1.165, 1.54) is 5.01 Å². The Hall–Kier alpha value is -1.59. The van der Waals surface area contributed by atoms with Crippen LogP contribution in [0.2, 0.25) is 15.1 Å². The summed E-state index contributed by atoms with van der Waals surface area (Å²) in [5.41, 5.74) is 2.50. The lowest BCUT2D eigenvalue weighted by Crippen LogP contribution is -2.39. The summed E-state index contributed by atoms with van der Waals surface area (Å²) in [6, 6.07) is 12.8. The van der Waals surface area contributed by atoms with Crippen LogP contribution in [0.1, 0.15) is 31.4 Å². The van der Waals surface area contributed by atoms with Crippen molar-refractivity contribution in [3.63, 3.8) is 0 Å². The monoisotopic (exact) mass is 435 g/mol. The number of hydrogen-bond acceptors (Lipinski definition) is 3. The number of rotatable bonds is 4. The van der Waals surface area contributed by atoms with E-state index in [-0.39, 0.29) is 17.9 Å². The maximum Gasteiger partial charge on any atom is 0.258 e. The molecule has 0 aromatic heterocycles. The molecule has 2 aliphatic rings. The molecule has 4 nitrogen and oxygen atoms in total. The highest BCUT2D eigenvalue weighted by Crippen LogP contribution is 2.39. The summed E-state index contributed by atoms with van der Waals surface area (Å²) in [4.78, 5) is 15.8. The van der Waals surface area contributed by atoms with Gasteiger partial charge in [0, 0.05) is 5.02 Å². The van der Waals surface area contributed by atoms with Crippen molar-refractivity contribution in [3.8, 4) is 0 Å². The first-order chi connectivity index (χ1) is 13.5. The van der Waals surface area contributed by atoms with Gasteiger partial charge in [0.2, 0.25) is 0 Å². The third-order valence-corrected chi connectivity index (χ3v) is 6.38. The van der Waals surface area contributed by atoms with E-state index < -0.39 is 0 Å². The number of hydrazone groups is 1. The summed E-state index contributed by atoms with van der Waals surface area (Å²) in [5.74, 6) is -0.406. The zero-order valence-corrected chi connectivity index (χ0v) is 17.7. The lowest BCUT2D eigenvalue weighted by molar-refractivity contribution is -0.121. The van der Waals surface area contributed by atoms with Crippen LogP contribution >= 0.6 is 34.8 Å². The van der Waals surface area contributed by atoms with Crippen LogP contribution in [0.3, 0.4) is 0 Å². The number of amides is 1. The van der Waals surface area contributed by atoms with E-state index in [0.29, 0.717) is 20.8 Å². The number of carbonyl (C=O) groups is 1. The van der Waals surface area contributed by atoms with Gasteiger partial charge >= 0.3 is 0 Å². The quantitative estimate of drug-likeness (QED) is 0.605. The molecule has 7 heteroatoms. The van der Waals surface area contributed by atoms with Gasteiger partial charge in [-0.25, -0.2) is 5.01 Å². The van der Waals surface area contributed by atoms with Crippen molar-refractivity contribution < 1.29 is 4.79 Å². The molecular formula is C21H20Cl3N3O. The second-order valence-corrected chi connectivity index (χ2v) is 8.46. The molecule has 0 aliphatic carbocycles. The molecule has 1 saturated heterocycles. The first-order valence-electron chi connectivity index (χ1n) is 9.29. The van der Waals surface area contributed by atoms with E-state index in [1.807, 2.05) is 31.2 Å². The van der Waals surface area contributed by atoms with Crippen LogP contribution in [-0.4, -0.2) is 29.6 Å². The molecular weight excluding hydrogens is 417 g/mol. The first-order valence-corrected chi connectivity index (χ1v) is 10.4. The predicted molar refractivity (Wildman–Crippen MR) is 116 cm³/mol. The minimum atomic E-state index is -0.353. The van der Waals surface area contributed by atoms with Gasteiger partial charge in [-0.05, 0) is 68.8 Å². The number of nitrogens with zero attached hydrogens (tertiary/aromatic N) is 3. The van der Waals surface area contributed by atoms with Crippen LogP contribution in [0.25, 0.3) is 0 Å².